The number of nitrogens with zero attached hydrogens (tertiary/aromatic N) is 4. The maximum Gasteiger partial charge on any atom is 0.341 e. The molecular formula is C25H28ClN5O5. The highest BCUT2D eigenvalue weighted by Gasteiger charge is 2.27. The summed E-state index contributed by atoms with van der Waals surface area (Å²) >= 11 is 6.44. The van der Waals surface area contributed by atoms with Crippen LogP contribution >= 0.6 is 11.6 Å². The van der Waals surface area contributed by atoms with Gasteiger partial charge in [-0.2, -0.15) is 0 Å². The van der Waals surface area contributed by atoms with Gasteiger partial charge in [0, 0.05) is 38.5 Å². The molecule has 0 bridgehead atoms. The SMILES string of the molecule is CCNC(=O)C1CCCN(c2ncc(Cl)c(Cc3ccc4c(c3)cc(OCC(=O)O)c(=O)n4C)n2)C1. The number of pyridine rings is 1. The molecule has 0 radical (unpaired) electrons. The van der Waals surface area contributed by atoms with E-state index in [4.69, 9.17) is 26.4 Å². The van der Waals surface area contributed by atoms with E-state index < -0.39 is 18.1 Å². The second kappa shape index (κ2) is 10.9. The van der Waals surface area contributed by atoms with Gasteiger partial charge in [-0.25, -0.2) is 14.8 Å². The lowest BCUT2D eigenvalue weighted by Crippen LogP contribution is -2.43. The minimum Gasteiger partial charge on any atom is -0.479 e. The Labute approximate surface area is 212 Å². The first kappa shape index (κ1) is 25.4. The number of carbonyl (C=O) groups excluding carboxylic acids is 1. The molecule has 190 valence electrons. The van der Waals surface area contributed by atoms with Gasteiger partial charge in [0.2, 0.25) is 11.9 Å². The zero-order chi connectivity index (χ0) is 25.8. The molecule has 1 unspecified atom stereocenters. The van der Waals surface area contributed by atoms with Crippen LogP contribution in [0.25, 0.3) is 10.9 Å². The smallest absolute Gasteiger partial charge is 0.341 e. The number of amides is 1. The van der Waals surface area contributed by atoms with Crippen molar-refractivity contribution < 1.29 is 19.4 Å². The average Bonchev–Trinajstić information content (AvgIpc) is 2.86. The van der Waals surface area contributed by atoms with Crippen LogP contribution in [-0.4, -0.2) is 57.8 Å². The fourth-order valence-corrected chi connectivity index (χ4v) is 4.57. The van der Waals surface area contributed by atoms with Gasteiger partial charge in [-0.3, -0.25) is 9.59 Å². The average molecular weight is 514 g/mol. The van der Waals surface area contributed by atoms with E-state index in [1.54, 1.807) is 19.3 Å². The standard InChI is InChI=1S/C25H28ClN5O5/c1-3-27-23(34)16-5-4-8-31(13-16)25-28-12-18(26)19(29-25)10-15-6-7-20-17(9-15)11-21(24(35)30(20)2)36-14-22(32)33/h6-7,9,11-12,16H,3-5,8,10,13-14H2,1-2H3,(H,27,34)(H,32,33). The van der Waals surface area contributed by atoms with E-state index in [1.165, 1.54) is 4.57 Å². The quantitative estimate of drug-likeness (QED) is 0.470. The van der Waals surface area contributed by atoms with Crippen molar-refractivity contribution in [1.82, 2.24) is 19.9 Å². The zero-order valence-corrected chi connectivity index (χ0v) is 20.9. The molecule has 1 aliphatic heterocycles. The van der Waals surface area contributed by atoms with E-state index in [1.807, 2.05) is 30.0 Å². The molecule has 3 heterocycles. The van der Waals surface area contributed by atoms with Crippen molar-refractivity contribution in [2.24, 2.45) is 13.0 Å². The van der Waals surface area contributed by atoms with Gasteiger partial charge in [0.15, 0.2) is 12.4 Å². The number of aliphatic carboxylic acids is 1. The largest absolute Gasteiger partial charge is 0.479 e. The van der Waals surface area contributed by atoms with Gasteiger partial charge in [-0.05, 0) is 43.5 Å². The Kier molecular flexibility index (Phi) is 7.73. The highest BCUT2D eigenvalue weighted by molar-refractivity contribution is 6.31. The fourth-order valence-electron chi connectivity index (χ4n) is 4.41. The molecule has 0 saturated carbocycles. The summed E-state index contributed by atoms with van der Waals surface area (Å²) in [5.41, 5.74) is 1.82. The van der Waals surface area contributed by atoms with Gasteiger partial charge in [-0.1, -0.05) is 17.7 Å². The number of piperidine rings is 1. The van der Waals surface area contributed by atoms with Crippen LogP contribution in [0, 0.1) is 5.92 Å². The number of nitrogens with one attached hydrogen (secondary N) is 1. The Bertz CT molecular complexity index is 1360. The minimum absolute atomic E-state index is 0.0290. The molecule has 11 heteroatoms. The third-order valence-corrected chi connectivity index (χ3v) is 6.52. The summed E-state index contributed by atoms with van der Waals surface area (Å²) < 4.78 is 6.60. The normalized spacial score (nSPS) is 15.6. The molecule has 3 aromatic rings. The topological polar surface area (TPSA) is 127 Å². The summed E-state index contributed by atoms with van der Waals surface area (Å²) in [6.45, 7) is 3.22. The number of carbonyl (C=O) groups is 2. The molecule has 0 spiro atoms. The lowest BCUT2D eigenvalue weighted by atomic mass is 9.97. The van der Waals surface area contributed by atoms with Crippen molar-refractivity contribution in [3.05, 3.63) is 57.1 Å². The van der Waals surface area contributed by atoms with Crippen LogP contribution in [0.3, 0.4) is 0 Å². The van der Waals surface area contributed by atoms with E-state index >= 15 is 0 Å². The third-order valence-electron chi connectivity index (χ3n) is 6.21. The molecule has 2 aromatic heterocycles. The maximum atomic E-state index is 12.5. The number of carboxylic acids is 1. The molecule has 10 nitrogen and oxygen atoms in total. The summed E-state index contributed by atoms with van der Waals surface area (Å²) in [6, 6.07) is 7.16. The van der Waals surface area contributed by atoms with Crippen LogP contribution in [0.5, 0.6) is 5.75 Å². The van der Waals surface area contributed by atoms with Crippen molar-refractivity contribution in [1.29, 1.82) is 0 Å². The number of benzene rings is 1. The number of carboxylic acid groups (broad SMARTS) is 1. The fraction of sp³-hybridized carbons (Fsp3) is 0.400. The lowest BCUT2D eigenvalue weighted by Gasteiger charge is -2.32. The van der Waals surface area contributed by atoms with Crippen LogP contribution in [0.1, 0.15) is 31.0 Å². The number of rotatable bonds is 8. The monoisotopic (exact) mass is 513 g/mol. The summed E-state index contributed by atoms with van der Waals surface area (Å²) in [5, 5.41) is 12.9. The molecule has 4 rings (SSSR count). The molecular weight excluding hydrogens is 486 g/mol. The molecule has 1 fully saturated rings. The lowest BCUT2D eigenvalue weighted by molar-refractivity contribution is -0.139. The van der Waals surface area contributed by atoms with Gasteiger partial charge in [-0.15, -0.1) is 0 Å². The van der Waals surface area contributed by atoms with E-state index in [0.717, 1.165) is 30.3 Å². The second-order valence-corrected chi connectivity index (χ2v) is 9.18. The van der Waals surface area contributed by atoms with E-state index in [-0.39, 0.29) is 17.6 Å². The van der Waals surface area contributed by atoms with Crippen LogP contribution in [0.4, 0.5) is 5.95 Å². The van der Waals surface area contributed by atoms with Crippen molar-refractivity contribution in [3.8, 4) is 5.75 Å². The predicted molar refractivity (Wildman–Crippen MR) is 136 cm³/mol. The number of ether oxygens (including phenoxy) is 1. The van der Waals surface area contributed by atoms with Crippen molar-refractivity contribution in [2.45, 2.75) is 26.2 Å². The molecule has 0 aliphatic carbocycles. The van der Waals surface area contributed by atoms with Crippen molar-refractivity contribution in [3.63, 3.8) is 0 Å². The van der Waals surface area contributed by atoms with E-state index in [2.05, 4.69) is 10.3 Å². The highest BCUT2D eigenvalue weighted by atomic mass is 35.5. The Morgan fingerprint density at radius 2 is 2.11 bits per heavy atom. The van der Waals surface area contributed by atoms with E-state index in [0.29, 0.717) is 41.7 Å². The molecule has 1 saturated heterocycles. The van der Waals surface area contributed by atoms with Gasteiger partial charge in [0.05, 0.1) is 28.3 Å². The number of halogens is 1. The molecule has 1 aliphatic rings. The molecule has 36 heavy (non-hydrogen) atoms. The maximum absolute atomic E-state index is 12.5. The van der Waals surface area contributed by atoms with Crippen molar-refractivity contribution >= 4 is 40.3 Å². The third kappa shape index (κ3) is 5.59. The van der Waals surface area contributed by atoms with Crippen LogP contribution in [0.2, 0.25) is 5.02 Å². The number of anilines is 1. The molecule has 1 atom stereocenters. The Morgan fingerprint density at radius 3 is 2.86 bits per heavy atom. The summed E-state index contributed by atoms with van der Waals surface area (Å²) in [6.07, 6.45) is 3.71. The Hall–Kier alpha value is -3.66. The van der Waals surface area contributed by atoms with Crippen LogP contribution in [0.15, 0.2) is 35.3 Å². The van der Waals surface area contributed by atoms with Crippen molar-refractivity contribution in [2.75, 3.05) is 31.1 Å². The van der Waals surface area contributed by atoms with Gasteiger partial charge in [0.1, 0.15) is 0 Å². The Morgan fingerprint density at radius 1 is 1.31 bits per heavy atom. The predicted octanol–water partition coefficient (Wildman–Crippen LogP) is 2.39. The van der Waals surface area contributed by atoms with Gasteiger partial charge < -0.3 is 24.6 Å². The zero-order valence-electron chi connectivity index (χ0n) is 20.2. The number of aryl methyl sites for hydroxylation is 1. The summed E-state index contributed by atoms with van der Waals surface area (Å²) in [7, 11) is 1.61. The second-order valence-electron chi connectivity index (χ2n) is 8.77. The summed E-state index contributed by atoms with van der Waals surface area (Å²) in [4.78, 5) is 46.8. The molecule has 1 aromatic carbocycles. The molecule has 2 N–H and O–H groups in total. The highest BCUT2D eigenvalue weighted by Crippen LogP contribution is 2.25. The van der Waals surface area contributed by atoms with Gasteiger partial charge >= 0.3 is 5.97 Å². The first-order valence-electron chi connectivity index (χ1n) is 11.8. The molecule has 1 amide bonds. The number of hydrogen-bond acceptors (Lipinski definition) is 7. The number of aromatic nitrogens is 3. The van der Waals surface area contributed by atoms with E-state index in [9.17, 15) is 14.4 Å². The first-order chi connectivity index (χ1) is 17.3. The first-order valence-corrected chi connectivity index (χ1v) is 12.2. The minimum atomic E-state index is -1.16. The number of hydrogen-bond donors (Lipinski definition) is 2. The van der Waals surface area contributed by atoms with Gasteiger partial charge in [0.25, 0.3) is 5.56 Å². The number of fused-ring (bicyclic) bond motifs is 1. The Balaban J connectivity index is 1.59. The van der Waals surface area contributed by atoms with Crippen LogP contribution < -0.4 is 20.5 Å². The van der Waals surface area contributed by atoms with Crippen LogP contribution in [-0.2, 0) is 23.1 Å². The summed E-state index contributed by atoms with van der Waals surface area (Å²) in [5.74, 6) is -0.708.